The summed E-state index contributed by atoms with van der Waals surface area (Å²) in [5, 5.41) is 1.85. The Labute approximate surface area is 119 Å². The third-order valence-electron chi connectivity index (χ3n) is 2.80. The highest BCUT2D eigenvalue weighted by atomic mass is 35.5. The van der Waals surface area contributed by atoms with Gasteiger partial charge in [-0.05, 0) is 37.7 Å². The molecule has 0 fully saturated rings. The van der Waals surface area contributed by atoms with Gasteiger partial charge in [-0.2, -0.15) is 0 Å². The maximum Gasteiger partial charge on any atom is 0.172 e. The smallest absolute Gasteiger partial charge is 0.172 e. The molecule has 0 amide bonds. The van der Waals surface area contributed by atoms with Gasteiger partial charge < -0.3 is 4.98 Å². The predicted molar refractivity (Wildman–Crippen MR) is 76.7 cm³/mol. The first kappa shape index (κ1) is 12.4. The number of fused-ring (bicyclic) bond motifs is 1. The second-order valence-corrected chi connectivity index (χ2v) is 5.49. The minimum absolute atomic E-state index is 0.411. The highest BCUT2D eigenvalue weighted by Crippen LogP contribution is 2.30. The quantitative estimate of drug-likeness (QED) is 0.780. The molecule has 4 nitrogen and oxygen atoms in total. The molecule has 0 aliphatic carbocycles. The lowest BCUT2D eigenvalue weighted by molar-refractivity contribution is 0.950. The van der Waals surface area contributed by atoms with Gasteiger partial charge >= 0.3 is 0 Å². The number of halogens is 1. The van der Waals surface area contributed by atoms with Crippen LogP contribution in [0, 0.1) is 13.8 Å². The Kier molecular flexibility index (Phi) is 3.16. The largest absolute Gasteiger partial charge is 0.333 e. The van der Waals surface area contributed by atoms with Gasteiger partial charge in [-0.25, -0.2) is 15.0 Å². The van der Waals surface area contributed by atoms with Gasteiger partial charge in [-0.15, -0.1) is 0 Å². The zero-order valence-corrected chi connectivity index (χ0v) is 12.0. The van der Waals surface area contributed by atoms with Crippen LogP contribution in [-0.4, -0.2) is 19.9 Å². The molecular formula is C13H11ClN4S. The van der Waals surface area contributed by atoms with E-state index in [9.17, 15) is 0 Å². The summed E-state index contributed by atoms with van der Waals surface area (Å²) in [4.78, 5) is 16.4. The fraction of sp³-hybridized carbons (Fsp3) is 0.154. The summed E-state index contributed by atoms with van der Waals surface area (Å²) in [6, 6.07) is 7.88. The van der Waals surface area contributed by atoms with E-state index in [4.69, 9.17) is 11.6 Å². The molecule has 3 rings (SSSR count). The van der Waals surface area contributed by atoms with E-state index in [1.54, 1.807) is 0 Å². The van der Waals surface area contributed by atoms with Gasteiger partial charge in [-0.1, -0.05) is 23.7 Å². The number of para-hydroxylation sites is 2. The first-order valence-electron chi connectivity index (χ1n) is 5.77. The van der Waals surface area contributed by atoms with Crippen molar-refractivity contribution < 1.29 is 0 Å². The normalized spacial score (nSPS) is 11.1. The van der Waals surface area contributed by atoms with E-state index in [-0.39, 0.29) is 0 Å². The Hall–Kier alpha value is -1.59. The monoisotopic (exact) mass is 290 g/mol. The van der Waals surface area contributed by atoms with Gasteiger partial charge in [0.15, 0.2) is 10.3 Å². The number of nitrogens with one attached hydrogen (secondary N) is 1. The summed E-state index contributed by atoms with van der Waals surface area (Å²) in [5.41, 5.74) is 3.65. The van der Waals surface area contributed by atoms with Crippen LogP contribution in [0.3, 0.4) is 0 Å². The molecule has 0 aliphatic rings. The molecule has 0 atom stereocenters. The second-order valence-electron chi connectivity index (χ2n) is 4.15. The van der Waals surface area contributed by atoms with Crippen LogP contribution in [-0.2, 0) is 0 Å². The molecule has 0 saturated heterocycles. The molecule has 0 radical (unpaired) electrons. The number of benzene rings is 1. The minimum Gasteiger partial charge on any atom is -0.333 e. The highest BCUT2D eigenvalue weighted by Gasteiger charge is 2.11. The van der Waals surface area contributed by atoms with Crippen LogP contribution in [0.25, 0.3) is 11.0 Å². The third-order valence-corrected chi connectivity index (χ3v) is 4.04. The zero-order chi connectivity index (χ0) is 13.4. The van der Waals surface area contributed by atoms with Crippen molar-refractivity contribution in [2.24, 2.45) is 0 Å². The maximum absolute atomic E-state index is 6.11. The minimum atomic E-state index is 0.411. The van der Waals surface area contributed by atoms with Crippen molar-refractivity contribution in [1.82, 2.24) is 19.9 Å². The van der Waals surface area contributed by atoms with Crippen LogP contribution in [0.15, 0.2) is 34.4 Å². The number of H-pyrrole nitrogens is 1. The summed E-state index contributed by atoms with van der Waals surface area (Å²) < 4.78 is 0. The van der Waals surface area contributed by atoms with E-state index in [2.05, 4.69) is 19.9 Å². The average Bonchev–Trinajstić information content (AvgIpc) is 2.78. The van der Waals surface area contributed by atoms with Gasteiger partial charge in [0.2, 0.25) is 0 Å². The van der Waals surface area contributed by atoms with Crippen molar-refractivity contribution in [3.05, 3.63) is 40.8 Å². The van der Waals surface area contributed by atoms with E-state index in [1.165, 1.54) is 11.8 Å². The SMILES string of the molecule is Cc1nc(Cl)c(Sc2nc3ccccc3[nH]2)nc1C. The van der Waals surface area contributed by atoms with Crippen molar-refractivity contribution in [2.75, 3.05) is 0 Å². The standard InChI is InChI=1S/C13H11ClN4S/c1-7-8(2)16-12(11(14)15-7)19-13-17-9-5-3-4-6-10(9)18-13/h3-6H,1-2H3,(H,17,18). The van der Waals surface area contributed by atoms with E-state index in [0.29, 0.717) is 10.2 Å². The number of imidazole rings is 1. The lowest BCUT2D eigenvalue weighted by Crippen LogP contribution is -1.95. The predicted octanol–water partition coefficient (Wildman–Crippen LogP) is 3.77. The number of hydrogen-bond acceptors (Lipinski definition) is 4. The first-order valence-corrected chi connectivity index (χ1v) is 6.96. The molecule has 2 heterocycles. The molecule has 0 spiro atoms. The first-order chi connectivity index (χ1) is 9.13. The van der Waals surface area contributed by atoms with Crippen LogP contribution in [0.2, 0.25) is 5.15 Å². The molecule has 19 heavy (non-hydrogen) atoms. The molecule has 0 aliphatic heterocycles. The molecule has 0 saturated carbocycles. The Balaban J connectivity index is 1.98. The van der Waals surface area contributed by atoms with Gasteiger partial charge in [-0.3, -0.25) is 0 Å². The molecule has 0 unspecified atom stereocenters. The lowest BCUT2D eigenvalue weighted by Gasteiger charge is -2.03. The van der Waals surface area contributed by atoms with Gasteiger partial charge in [0.25, 0.3) is 0 Å². The Morgan fingerprint density at radius 1 is 1.05 bits per heavy atom. The Morgan fingerprint density at radius 3 is 2.58 bits per heavy atom. The zero-order valence-electron chi connectivity index (χ0n) is 10.4. The van der Waals surface area contributed by atoms with Crippen molar-refractivity contribution >= 4 is 34.4 Å². The number of rotatable bonds is 2. The molecule has 6 heteroatoms. The lowest BCUT2D eigenvalue weighted by atomic mass is 10.3. The topological polar surface area (TPSA) is 54.5 Å². The summed E-state index contributed by atoms with van der Waals surface area (Å²) in [6.45, 7) is 3.81. The van der Waals surface area contributed by atoms with Crippen molar-refractivity contribution in [3.63, 3.8) is 0 Å². The second kappa shape index (κ2) is 4.83. The summed E-state index contributed by atoms with van der Waals surface area (Å²) in [6.07, 6.45) is 0. The summed E-state index contributed by atoms with van der Waals surface area (Å²) >= 11 is 7.50. The van der Waals surface area contributed by atoms with Crippen LogP contribution in [0.1, 0.15) is 11.4 Å². The number of hydrogen-bond donors (Lipinski definition) is 1. The van der Waals surface area contributed by atoms with E-state index in [1.807, 2.05) is 38.1 Å². The van der Waals surface area contributed by atoms with Crippen LogP contribution >= 0.6 is 23.4 Å². The average molecular weight is 291 g/mol. The van der Waals surface area contributed by atoms with Crippen LogP contribution < -0.4 is 0 Å². The molecule has 0 bridgehead atoms. The van der Waals surface area contributed by atoms with Crippen LogP contribution in [0.5, 0.6) is 0 Å². The summed E-state index contributed by atoms with van der Waals surface area (Å²) in [5.74, 6) is 0. The van der Waals surface area contributed by atoms with Crippen molar-refractivity contribution in [1.29, 1.82) is 0 Å². The number of nitrogens with zero attached hydrogens (tertiary/aromatic N) is 3. The molecule has 1 aromatic carbocycles. The van der Waals surface area contributed by atoms with Crippen LogP contribution in [0.4, 0.5) is 0 Å². The Bertz CT molecular complexity index is 720. The molecule has 1 N–H and O–H groups in total. The molecular weight excluding hydrogens is 280 g/mol. The van der Waals surface area contributed by atoms with E-state index < -0.39 is 0 Å². The Morgan fingerprint density at radius 2 is 1.79 bits per heavy atom. The molecule has 96 valence electrons. The number of aromatic nitrogens is 4. The van der Waals surface area contributed by atoms with Crippen molar-refractivity contribution in [2.45, 2.75) is 24.0 Å². The van der Waals surface area contributed by atoms with E-state index >= 15 is 0 Å². The molecule has 3 aromatic rings. The van der Waals surface area contributed by atoms with Gasteiger partial charge in [0.05, 0.1) is 22.4 Å². The third kappa shape index (κ3) is 2.43. The highest BCUT2D eigenvalue weighted by molar-refractivity contribution is 7.99. The van der Waals surface area contributed by atoms with E-state index in [0.717, 1.165) is 27.6 Å². The van der Waals surface area contributed by atoms with Gasteiger partial charge in [0.1, 0.15) is 5.03 Å². The number of aromatic amines is 1. The summed E-state index contributed by atoms with van der Waals surface area (Å²) in [7, 11) is 0. The maximum atomic E-state index is 6.11. The fourth-order valence-electron chi connectivity index (χ4n) is 1.69. The fourth-order valence-corrected chi connectivity index (χ4v) is 2.77. The number of aryl methyl sites for hydroxylation is 2. The molecule has 2 aromatic heterocycles. The van der Waals surface area contributed by atoms with Gasteiger partial charge in [0, 0.05) is 0 Å². The van der Waals surface area contributed by atoms with Crippen molar-refractivity contribution in [3.8, 4) is 0 Å².